The number of benzene rings is 1. The van der Waals surface area contributed by atoms with Gasteiger partial charge in [0.1, 0.15) is 11.3 Å². The van der Waals surface area contributed by atoms with Gasteiger partial charge < -0.3 is 19.2 Å². The zero-order valence-electron chi connectivity index (χ0n) is 12.7. The molecule has 0 amide bonds. The number of hydrogen-bond donors (Lipinski definition) is 1. The predicted octanol–water partition coefficient (Wildman–Crippen LogP) is 2.13. The molecule has 0 bridgehead atoms. The van der Waals surface area contributed by atoms with E-state index >= 15 is 0 Å². The van der Waals surface area contributed by atoms with Crippen molar-refractivity contribution < 1.29 is 23.9 Å². The smallest absolute Gasteiger partial charge is 0.496 e. The molecule has 2 rings (SSSR count). The fourth-order valence-electron chi connectivity index (χ4n) is 2.00. The average molecular weight is 313 g/mol. The Balaban J connectivity index is 2.44. The quantitative estimate of drug-likeness (QED) is 0.669. The Morgan fingerprint density at radius 3 is 2.24 bits per heavy atom. The highest BCUT2D eigenvalue weighted by Gasteiger charge is 2.52. The molecule has 0 radical (unpaired) electrons. The van der Waals surface area contributed by atoms with Gasteiger partial charge in [0, 0.05) is 10.5 Å². The Labute approximate surface area is 129 Å². The van der Waals surface area contributed by atoms with Gasteiger partial charge in [0.25, 0.3) is 0 Å². The molecule has 0 saturated carbocycles. The number of phenolic OH excluding ortho intramolecular Hbond substituents is 1. The van der Waals surface area contributed by atoms with E-state index in [4.69, 9.17) is 20.9 Å². The molecule has 0 aliphatic carbocycles. The molecule has 0 aromatic heterocycles. The van der Waals surface area contributed by atoms with Gasteiger partial charge in [-0.1, -0.05) is 11.6 Å². The van der Waals surface area contributed by atoms with Crippen LogP contribution in [0.5, 0.6) is 5.75 Å². The number of esters is 1. The van der Waals surface area contributed by atoms with E-state index in [-0.39, 0.29) is 16.3 Å². The topological polar surface area (TPSA) is 65.0 Å². The van der Waals surface area contributed by atoms with Crippen molar-refractivity contribution in [3.63, 3.8) is 0 Å². The van der Waals surface area contributed by atoms with Gasteiger partial charge in [-0.15, -0.1) is 0 Å². The third kappa shape index (κ3) is 2.75. The number of hydrogen-bond acceptors (Lipinski definition) is 5. The van der Waals surface area contributed by atoms with Crippen molar-refractivity contribution in [1.82, 2.24) is 0 Å². The molecule has 0 unspecified atom stereocenters. The maximum absolute atomic E-state index is 11.7. The number of phenols is 1. The van der Waals surface area contributed by atoms with E-state index in [1.165, 1.54) is 19.2 Å². The monoisotopic (exact) mass is 312 g/mol. The van der Waals surface area contributed by atoms with Crippen LogP contribution in [0.1, 0.15) is 38.1 Å². The first-order chi connectivity index (χ1) is 9.59. The summed E-state index contributed by atoms with van der Waals surface area (Å²) in [6.45, 7) is 7.68. The maximum Gasteiger partial charge on any atom is 0.496 e. The second-order valence-corrected chi connectivity index (χ2v) is 6.38. The lowest BCUT2D eigenvalue weighted by molar-refractivity contribution is 0.00578. The van der Waals surface area contributed by atoms with Crippen molar-refractivity contribution in [2.45, 2.75) is 38.9 Å². The van der Waals surface area contributed by atoms with Gasteiger partial charge in [0.2, 0.25) is 0 Å². The first-order valence-corrected chi connectivity index (χ1v) is 6.93. The van der Waals surface area contributed by atoms with Crippen LogP contribution in [0.4, 0.5) is 0 Å². The predicted molar refractivity (Wildman–Crippen MR) is 80.2 cm³/mol. The van der Waals surface area contributed by atoms with Crippen LogP contribution in [-0.2, 0) is 14.0 Å². The lowest BCUT2D eigenvalue weighted by atomic mass is 9.78. The third-order valence-corrected chi connectivity index (χ3v) is 4.35. The second kappa shape index (κ2) is 5.19. The zero-order chi connectivity index (χ0) is 16.0. The summed E-state index contributed by atoms with van der Waals surface area (Å²) >= 11 is 6.14. The first-order valence-electron chi connectivity index (χ1n) is 6.55. The molecule has 21 heavy (non-hydrogen) atoms. The molecule has 1 fully saturated rings. The molecule has 1 aromatic rings. The van der Waals surface area contributed by atoms with Gasteiger partial charge in [0.15, 0.2) is 0 Å². The summed E-state index contributed by atoms with van der Waals surface area (Å²) in [4.78, 5) is 11.7. The average Bonchev–Trinajstić information content (AvgIpc) is 2.57. The van der Waals surface area contributed by atoms with Crippen LogP contribution < -0.4 is 5.46 Å². The van der Waals surface area contributed by atoms with E-state index in [1.807, 2.05) is 27.7 Å². The summed E-state index contributed by atoms with van der Waals surface area (Å²) in [6, 6.07) is 2.72. The van der Waals surface area contributed by atoms with E-state index in [2.05, 4.69) is 4.74 Å². The molecule has 1 aromatic carbocycles. The summed E-state index contributed by atoms with van der Waals surface area (Å²) in [6.07, 6.45) is 0. The van der Waals surface area contributed by atoms with Crippen molar-refractivity contribution in [1.29, 1.82) is 0 Å². The largest absolute Gasteiger partial charge is 0.507 e. The molecule has 0 spiro atoms. The summed E-state index contributed by atoms with van der Waals surface area (Å²) in [5.74, 6) is -0.894. The highest BCUT2D eigenvalue weighted by Crippen LogP contribution is 2.37. The molecular formula is C14H18BClO5. The van der Waals surface area contributed by atoms with Gasteiger partial charge in [-0.3, -0.25) is 0 Å². The van der Waals surface area contributed by atoms with Gasteiger partial charge in [0.05, 0.1) is 18.3 Å². The molecule has 1 heterocycles. The normalized spacial score (nSPS) is 19.6. The number of methoxy groups -OCH3 is 1. The Kier molecular flexibility index (Phi) is 3.99. The molecular weight excluding hydrogens is 294 g/mol. The molecule has 1 aliphatic heterocycles. The summed E-state index contributed by atoms with van der Waals surface area (Å²) in [5, 5.41) is 10.1. The Hall–Kier alpha value is -1.24. The van der Waals surface area contributed by atoms with Crippen LogP contribution in [0.15, 0.2) is 12.1 Å². The molecule has 7 heteroatoms. The molecule has 1 N–H and O–H groups in total. The van der Waals surface area contributed by atoms with Crippen LogP contribution in [0, 0.1) is 0 Å². The van der Waals surface area contributed by atoms with E-state index in [0.29, 0.717) is 5.46 Å². The Morgan fingerprint density at radius 1 is 1.24 bits per heavy atom. The lowest BCUT2D eigenvalue weighted by Gasteiger charge is -2.32. The number of carbonyl (C=O) groups excluding carboxylic acids is 1. The third-order valence-electron chi connectivity index (χ3n) is 4.03. The zero-order valence-corrected chi connectivity index (χ0v) is 13.4. The minimum Gasteiger partial charge on any atom is -0.507 e. The van der Waals surface area contributed by atoms with Crippen molar-refractivity contribution in [3.05, 3.63) is 22.7 Å². The first kappa shape index (κ1) is 16.1. The SMILES string of the molecule is COC(=O)c1cc(B2OC(C)(C)C(C)(C)O2)c(Cl)cc1O. The fourth-order valence-corrected chi connectivity index (χ4v) is 2.25. The van der Waals surface area contributed by atoms with E-state index in [9.17, 15) is 9.90 Å². The molecule has 5 nitrogen and oxygen atoms in total. The lowest BCUT2D eigenvalue weighted by Crippen LogP contribution is -2.41. The summed E-state index contributed by atoms with van der Waals surface area (Å²) in [5.41, 5.74) is -0.547. The molecule has 114 valence electrons. The molecule has 1 aliphatic rings. The van der Waals surface area contributed by atoms with Crippen LogP contribution in [0.3, 0.4) is 0 Å². The van der Waals surface area contributed by atoms with Crippen LogP contribution in [-0.4, -0.2) is 36.5 Å². The standard InChI is InChI=1S/C14H18BClO5/c1-13(2)14(3,4)21-15(20-13)9-6-8(12(18)19-5)11(17)7-10(9)16/h6-7,17H,1-5H3. The number of aromatic hydroxyl groups is 1. The van der Waals surface area contributed by atoms with Gasteiger partial charge in [-0.25, -0.2) is 4.79 Å². The summed E-state index contributed by atoms with van der Waals surface area (Å²) < 4.78 is 16.4. The van der Waals surface area contributed by atoms with Crippen molar-refractivity contribution in [2.24, 2.45) is 0 Å². The van der Waals surface area contributed by atoms with E-state index in [0.717, 1.165) is 0 Å². The van der Waals surface area contributed by atoms with Crippen LogP contribution in [0.2, 0.25) is 5.02 Å². The van der Waals surface area contributed by atoms with Crippen molar-refractivity contribution in [2.75, 3.05) is 7.11 Å². The van der Waals surface area contributed by atoms with Crippen LogP contribution >= 0.6 is 11.6 Å². The minimum atomic E-state index is -0.716. The van der Waals surface area contributed by atoms with Gasteiger partial charge in [-0.05, 0) is 39.8 Å². The van der Waals surface area contributed by atoms with E-state index in [1.54, 1.807) is 0 Å². The van der Waals surface area contributed by atoms with Gasteiger partial charge >= 0.3 is 13.1 Å². The Bertz CT molecular complexity index is 569. The maximum atomic E-state index is 11.7. The van der Waals surface area contributed by atoms with Crippen LogP contribution in [0.25, 0.3) is 0 Å². The van der Waals surface area contributed by atoms with Gasteiger partial charge in [-0.2, -0.15) is 0 Å². The number of halogens is 1. The van der Waals surface area contributed by atoms with E-state index < -0.39 is 24.3 Å². The minimum absolute atomic E-state index is 0.0200. The number of rotatable bonds is 2. The van der Waals surface area contributed by atoms with Crippen molar-refractivity contribution >= 4 is 30.2 Å². The molecule has 0 atom stereocenters. The second-order valence-electron chi connectivity index (χ2n) is 5.97. The van der Waals surface area contributed by atoms with Crippen molar-refractivity contribution in [3.8, 4) is 5.75 Å². The number of ether oxygens (including phenoxy) is 1. The number of carbonyl (C=O) groups is 1. The molecule has 1 saturated heterocycles. The Morgan fingerprint density at radius 2 is 1.76 bits per heavy atom. The summed E-state index contributed by atoms with van der Waals surface area (Å²) in [7, 11) is 0.525. The fraction of sp³-hybridized carbons (Fsp3) is 0.500. The highest BCUT2D eigenvalue weighted by molar-refractivity contribution is 6.65. The highest BCUT2D eigenvalue weighted by atomic mass is 35.5.